The molecule has 1 aromatic heterocycles. The monoisotopic (exact) mass is 291 g/mol. The zero-order valence-corrected chi connectivity index (χ0v) is 12.3. The molecule has 0 spiro atoms. The smallest absolute Gasteiger partial charge is 0.306 e. The van der Waals surface area contributed by atoms with E-state index in [9.17, 15) is 4.79 Å². The van der Waals surface area contributed by atoms with Crippen LogP contribution in [-0.2, 0) is 4.79 Å². The summed E-state index contributed by atoms with van der Waals surface area (Å²) in [5, 5.41) is 8.89. The summed E-state index contributed by atoms with van der Waals surface area (Å²) in [7, 11) is 0. The first kappa shape index (κ1) is 13.4. The number of hydrogen-bond donors (Lipinski definition) is 1. The highest BCUT2D eigenvalue weighted by Crippen LogP contribution is 2.37. The van der Waals surface area contributed by atoms with Crippen LogP contribution < -0.4 is 4.74 Å². The molecular weight excluding hydrogens is 274 g/mol. The van der Waals surface area contributed by atoms with E-state index in [1.54, 1.807) is 11.3 Å². The first-order valence-electron chi connectivity index (χ1n) is 6.81. The van der Waals surface area contributed by atoms with E-state index in [1.807, 2.05) is 11.6 Å². The molecule has 1 aliphatic carbocycles. The fourth-order valence-electron chi connectivity index (χ4n) is 2.54. The predicted octanol–water partition coefficient (Wildman–Crippen LogP) is 3.66. The Morgan fingerprint density at radius 1 is 1.45 bits per heavy atom. The standard InChI is InChI=1S/C15H17NO3S/c1-8(2)11-3-4-12(13-14(11)20-7-16-13)19-10-5-9(6-10)15(17)18/h3-4,7-10H,5-6H2,1-2H3,(H,17,18)/t9-,10-. The van der Waals surface area contributed by atoms with Gasteiger partial charge >= 0.3 is 5.97 Å². The largest absolute Gasteiger partial charge is 0.488 e. The highest BCUT2D eigenvalue weighted by molar-refractivity contribution is 7.17. The summed E-state index contributed by atoms with van der Waals surface area (Å²) < 4.78 is 7.09. The molecule has 1 aliphatic rings. The van der Waals surface area contributed by atoms with Crippen LogP contribution in [-0.4, -0.2) is 22.2 Å². The highest BCUT2D eigenvalue weighted by Gasteiger charge is 2.36. The van der Waals surface area contributed by atoms with Gasteiger partial charge in [0.25, 0.3) is 0 Å². The molecule has 0 aliphatic heterocycles. The maximum Gasteiger partial charge on any atom is 0.306 e. The Hall–Kier alpha value is -1.62. The van der Waals surface area contributed by atoms with Crippen LogP contribution in [0.15, 0.2) is 17.6 Å². The van der Waals surface area contributed by atoms with E-state index in [4.69, 9.17) is 9.84 Å². The van der Waals surface area contributed by atoms with Gasteiger partial charge in [0, 0.05) is 0 Å². The molecule has 0 saturated heterocycles. The van der Waals surface area contributed by atoms with E-state index in [0.717, 1.165) is 11.3 Å². The number of benzene rings is 1. The molecule has 0 amide bonds. The number of carboxylic acids is 1. The lowest BCUT2D eigenvalue weighted by Gasteiger charge is -2.32. The summed E-state index contributed by atoms with van der Waals surface area (Å²) >= 11 is 1.63. The summed E-state index contributed by atoms with van der Waals surface area (Å²) in [6.45, 7) is 4.33. The summed E-state index contributed by atoms with van der Waals surface area (Å²) in [5.41, 5.74) is 4.02. The van der Waals surface area contributed by atoms with Crippen molar-refractivity contribution in [1.82, 2.24) is 4.98 Å². The number of ether oxygens (including phenoxy) is 1. The Kier molecular flexibility index (Phi) is 3.38. The lowest BCUT2D eigenvalue weighted by Crippen LogP contribution is -2.38. The van der Waals surface area contributed by atoms with Gasteiger partial charge in [-0.05, 0) is 30.4 Å². The van der Waals surface area contributed by atoms with Crippen molar-refractivity contribution in [2.75, 3.05) is 0 Å². The van der Waals surface area contributed by atoms with Gasteiger partial charge in [-0.15, -0.1) is 11.3 Å². The van der Waals surface area contributed by atoms with Gasteiger partial charge in [0.15, 0.2) is 0 Å². The minimum absolute atomic E-state index is 0.00546. The Labute approximate surface area is 121 Å². The maximum atomic E-state index is 10.8. The van der Waals surface area contributed by atoms with Crippen LogP contribution in [0, 0.1) is 5.92 Å². The van der Waals surface area contributed by atoms with E-state index >= 15 is 0 Å². The number of rotatable bonds is 4. The van der Waals surface area contributed by atoms with Crippen molar-refractivity contribution in [2.24, 2.45) is 5.92 Å². The van der Waals surface area contributed by atoms with Crippen molar-refractivity contribution in [1.29, 1.82) is 0 Å². The van der Waals surface area contributed by atoms with Crippen molar-refractivity contribution in [2.45, 2.75) is 38.7 Å². The minimum Gasteiger partial charge on any atom is -0.488 e. The topological polar surface area (TPSA) is 59.4 Å². The molecule has 1 aromatic carbocycles. The van der Waals surface area contributed by atoms with E-state index in [1.165, 1.54) is 10.3 Å². The molecule has 0 radical (unpaired) electrons. The Bertz CT molecular complexity index is 644. The summed E-state index contributed by atoms with van der Waals surface area (Å²) in [6.07, 6.45) is 1.19. The third-order valence-corrected chi connectivity index (χ3v) is 4.71. The minimum atomic E-state index is -0.723. The van der Waals surface area contributed by atoms with Gasteiger partial charge in [-0.25, -0.2) is 4.98 Å². The van der Waals surface area contributed by atoms with Crippen LogP contribution >= 0.6 is 11.3 Å². The van der Waals surface area contributed by atoms with Gasteiger partial charge in [0.1, 0.15) is 17.4 Å². The van der Waals surface area contributed by atoms with Gasteiger partial charge in [-0.1, -0.05) is 19.9 Å². The predicted molar refractivity (Wildman–Crippen MR) is 78.5 cm³/mol. The van der Waals surface area contributed by atoms with Gasteiger partial charge in [-0.3, -0.25) is 4.79 Å². The van der Waals surface area contributed by atoms with Gasteiger partial charge in [-0.2, -0.15) is 0 Å². The number of hydrogen-bond acceptors (Lipinski definition) is 4. The summed E-state index contributed by atoms with van der Waals surface area (Å²) in [4.78, 5) is 15.2. The van der Waals surface area contributed by atoms with Crippen LogP contribution in [0.1, 0.15) is 38.2 Å². The fraction of sp³-hybridized carbons (Fsp3) is 0.467. The Balaban J connectivity index is 1.82. The number of aliphatic carboxylic acids is 1. The normalized spacial score (nSPS) is 21.9. The number of aromatic nitrogens is 1. The molecule has 1 fully saturated rings. The molecule has 5 heteroatoms. The van der Waals surface area contributed by atoms with Crippen molar-refractivity contribution in [3.05, 3.63) is 23.2 Å². The van der Waals surface area contributed by atoms with E-state index in [0.29, 0.717) is 18.8 Å². The summed E-state index contributed by atoms with van der Waals surface area (Å²) in [6, 6.07) is 4.05. The fourth-order valence-corrected chi connectivity index (χ4v) is 3.51. The third kappa shape index (κ3) is 2.26. The molecule has 3 rings (SSSR count). The molecule has 0 bridgehead atoms. The zero-order valence-electron chi connectivity index (χ0n) is 11.5. The molecule has 1 N–H and O–H groups in total. The van der Waals surface area contributed by atoms with E-state index in [-0.39, 0.29) is 12.0 Å². The second-order valence-corrected chi connectivity index (χ2v) is 6.44. The molecule has 1 heterocycles. The van der Waals surface area contributed by atoms with Gasteiger partial charge in [0.2, 0.25) is 0 Å². The Morgan fingerprint density at radius 3 is 2.85 bits per heavy atom. The van der Waals surface area contributed by atoms with E-state index in [2.05, 4.69) is 24.9 Å². The van der Waals surface area contributed by atoms with Gasteiger partial charge in [0.05, 0.1) is 16.1 Å². The van der Waals surface area contributed by atoms with Crippen LogP contribution in [0.2, 0.25) is 0 Å². The number of nitrogens with zero attached hydrogens (tertiary/aromatic N) is 1. The quantitative estimate of drug-likeness (QED) is 0.934. The molecule has 106 valence electrons. The molecule has 1 saturated carbocycles. The van der Waals surface area contributed by atoms with Crippen LogP contribution in [0.3, 0.4) is 0 Å². The summed E-state index contributed by atoms with van der Waals surface area (Å²) in [5.74, 6) is 0.256. The number of thiazole rings is 1. The van der Waals surface area contributed by atoms with Crippen LogP contribution in [0.5, 0.6) is 5.75 Å². The third-order valence-electron chi connectivity index (χ3n) is 3.84. The zero-order chi connectivity index (χ0) is 14.3. The second kappa shape index (κ2) is 5.05. The average molecular weight is 291 g/mol. The lowest BCUT2D eigenvalue weighted by molar-refractivity contribution is -0.147. The number of carbonyl (C=O) groups is 1. The molecule has 4 nitrogen and oxygen atoms in total. The lowest BCUT2D eigenvalue weighted by atomic mass is 9.82. The highest BCUT2D eigenvalue weighted by atomic mass is 32.1. The molecule has 20 heavy (non-hydrogen) atoms. The van der Waals surface area contributed by atoms with Crippen molar-refractivity contribution >= 4 is 27.5 Å². The first-order valence-corrected chi connectivity index (χ1v) is 7.69. The number of fused-ring (bicyclic) bond motifs is 1. The van der Waals surface area contributed by atoms with Gasteiger partial charge < -0.3 is 9.84 Å². The van der Waals surface area contributed by atoms with E-state index < -0.39 is 5.97 Å². The molecule has 0 unspecified atom stereocenters. The van der Waals surface area contributed by atoms with Crippen molar-refractivity contribution in [3.63, 3.8) is 0 Å². The van der Waals surface area contributed by atoms with Crippen molar-refractivity contribution in [3.8, 4) is 5.75 Å². The number of carboxylic acid groups (broad SMARTS) is 1. The average Bonchev–Trinajstić information content (AvgIpc) is 2.81. The molecular formula is C15H17NO3S. The maximum absolute atomic E-state index is 10.8. The first-order chi connectivity index (χ1) is 9.56. The molecule has 2 aromatic rings. The second-order valence-electron chi connectivity index (χ2n) is 5.58. The Morgan fingerprint density at radius 2 is 2.20 bits per heavy atom. The SMILES string of the molecule is CC(C)c1ccc(O[C@H]2C[C@H](C(=O)O)C2)c2ncsc12. The molecule has 0 atom stereocenters. The van der Waals surface area contributed by atoms with Crippen LogP contribution in [0.4, 0.5) is 0 Å². The van der Waals surface area contributed by atoms with Crippen LogP contribution in [0.25, 0.3) is 10.2 Å². The van der Waals surface area contributed by atoms with Crippen molar-refractivity contribution < 1.29 is 14.6 Å².